The summed E-state index contributed by atoms with van der Waals surface area (Å²) in [6, 6.07) is 16.4. The lowest BCUT2D eigenvalue weighted by atomic mass is 10.0. The van der Waals surface area contributed by atoms with Crippen LogP contribution in [0.1, 0.15) is 30.1 Å². The van der Waals surface area contributed by atoms with Gasteiger partial charge in [0.05, 0.1) is 17.4 Å². The van der Waals surface area contributed by atoms with E-state index in [0.29, 0.717) is 43.6 Å². The van der Waals surface area contributed by atoms with Gasteiger partial charge in [-0.15, -0.1) is 0 Å². The Labute approximate surface area is 164 Å². The van der Waals surface area contributed by atoms with Crippen molar-refractivity contribution in [3.05, 3.63) is 71.9 Å². The second-order valence-corrected chi connectivity index (χ2v) is 8.57. The topological polar surface area (TPSA) is 85.5 Å². The molecular formula is C20H21N3O4S. The minimum Gasteiger partial charge on any atom is -0.494 e. The van der Waals surface area contributed by atoms with Gasteiger partial charge in [-0.05, 0) is 36.8 Å². The molecule has 146 valence electrons. The molecule has 1 aliphatic heterocycles. The maximum Gasteiger partial charge on any atom is 0.243 e. The molecule has 0 bridgehead atoms. The van der Waals surface area contributed by atoms with E-state index < -0.39 is 10.0 Å². The lowest BCUT2D eigenvalue weighted by Crippen LogP contribution is -2.48. The van der Waals surface area contributed by atoms with Gasteiger partial charge < -0.3 is 9.26 Å². The smallest absolute Gasteiger partial charge is 0.243 e. The Morgan fingerprint density at radius 3 is 2.50 bits per heavy atom. The fourth-order valence-corrected chi connectivity index (χ4v) is 4.63. The molecule has 1 fully saturated rings. The third-order valence-electron chi connectivity index (χ3n) is 4.66. The number of ether oxygens (including phenoxy) is 1. The van der Waals surface area contributed by atoms with Gasteiger partial charge in [0.15, 0.2) is 5.82 Å². The SMILES string of the molecule is CCOc1ccc(S(=O)(=O)N2CC(c3nc(Cc4ccccc4)no3)C2)cc1. The Balaban J connectivity index is 1.38. The Bertz CT molecular complexity index is 1030. The normalized spacial score (nSPS) is 15.3. The molecule has 1 aliphatic rings. The van der Waals surface area contributed by atoms with E-state index in [4.69, 9.17) is 9.26 Å². The van der Waals surface area contributed by atoms with Crippen LogP contribution in [0.15, 0.2) is 64.0 Å². The minimum absolute atomic E-state index is 0.0745. The summed E-state index contributed by atoms with van der Waals surface area (Å²) < 4.78 is 37.6. The lowest BCUT2D eigenvalue weighted by molar-refractivity contribution is 0.216. The van der Waals surface area contributed by atoms with Crippen LogP contribution in [0.5, 0.6) is 5.75 Å². The quantitative estimate of drug-likeness (QED) is 0.607. The molecule has 7 nitrogen and oxygen atoms in total. The molecule has 0 saturated carbocycles. The van der Waals surface area contributed by atoms with Crippen LogP contribution >= 0.6 is 0 Å². The molecule has 28 heavy (non-hydrogen) atoms. The van der Waals surface area contributed by atoms with Crippen LogP contribution in [0.2, 0.25) is 0 Å². The number of benzene rings is 2. The average Bonchev–Trinajstić information content (AvgIpc) is 3.10. The zero-order chi connectivity index (χ0) is 19.6. The van der Waals surface area contributed by atoms with E-state index in [0.717, 1.165) is 5.56 Å². The van der Waals surface area contributed by atoms with Gasteiger partial charge in [0.2, 0.25) is 15.9 Å². The molecule has 0 radical (unpaired) electrons. The standard InChI is InChI=1S/C20H21N3O4S/c1-2-26-17-8-10-18(11-9-17)28(24,25)23-13-16(14-23)20-21-19(22-27-20)12-15-6-4-3-5-7-15/h3-11,16H,2,12-14H2,1H3. The van der Waals surface area contributed by atoms with Crippen LogP contribution in [0.3, 0.4) is 0 Å². The minimum atomic E-state index is -3.53. The van der Waals surface area contributed by atoms with Crippen molar-refractivity contribution in [3.8, 4) is 5.75 Å². The fraction of sp³-hybridized carbons (Fsp3) is 0.300. The summed E-state index contributed by atoms with van der Waals surface area (Å²) in [5.41, 5.74) is 1.10. The van der Waals surface area contributed by atoms with Gasteiger partial charge in [0, 0.05) is 19.5 Å². The Hall–Kier alpha value is -2.71. The van der Waals surface area contributed by atoms with Crippen molar-refractivity contribution >= 4 is 10.0 Å². The first-order chi connectivity index (χ1) is 13.6. The first-order valence-electron chi connectivity index (χ1n) is 9.15. The zero-order valence-electron chi connectivity index (χ0n) is 15.5. The van der Waals surface area contributed by atoms with Gasteiger partial charge in [-0.1, -0.05) is 35.5 Å². The van der Waals surface area contributed by atoms with E-state index in [1.54, 1.807) is 24.3 Å². The van der Waals surface area contributed by atoms with E-state index in [1.165, 1.54) is 4.31 Å². The second kappa shape index (κ2) is 7.73. The number of aromatic nitrogens is 2. The molecule has 2 aromatic carbocycles. The highest BCUT2D eigenvalue weighted by molar-refractivity contribution is 7.89. The summed E-state index contributed by atoms with van der Waals surface area (Å²) in [6.07, 6.45) is 0.589. The van der Waals surface area contributed by atoms with Crippen molar-refractivity contribution in [1.82, 2.24) is 14.4 Å². The van der Waals surface area contributed by atoms with Crippen LogP contribution in [0, 0.1) is 0 Å². The predicted molar refractivity (Wildman–Crippen MR) is 103 cm³/mol. The third-order valence-corrected chi connectivity index (χ3v) is 6.50. The van der Waals surface area contributed by atoms with Gasteiger partial charge in [-0.25, -0.2) is 8.42 Å². The monoisotopic (exact) mass is 399 g/mol. The van der Waals surface area contributed by atoms with Crippen molar-refractivity contribution in [3.63, 3.8) is 0 Å². The van der Waals surface area contributed by atoms with E-state index >= 15 is 0 Å². The van der Waals surface area contributed by atoms with E-state index in [1.807, 2.05) is 37.3 Å². The molecular weight excluding hydrogens is 378 g/mol. The maximum atomic E-state index is 12.7. The Morgan fingerprint density at radius 2 is 1.82 bits per heavy atom. The van der Waals surface area contributed by atoms with Crippen LogP contribution < -0.4 is 4.74 Å². The number of nitrogens with zero attached hydrogens (tertiary/aromatic N) is 3. The van der Waals surface area contributed by atoms with Gasteiger partial charge in [0.1, 0.15) is 5.75 Å². The molecule has 0 unspecified atom stereocenters. The number of sulfonamides is 1. The van der Waals surface area contributed by atoms with Crippen molar-refractivity contribution in [1.29, 1.82) is 0 Å². The van der Waals surface area contributed by atoms with Crippen molar-refractivity contribution in [2.75, 3.05) is 19.7 Å². The van der Waals surface area contributed by atoms with Gasteiger partial charge in [0.25, 0.3) is 0 Å². The lowest BCUT2D eigenvalue weighted by Gasteiger charge is -2.35. The highest BCUT2D eigenvalue weighted by atomic mass is 32.2. The van der Waals surface area contributed by atoms with Crippen LogP contribution in [-0.4, -0.2) is 42.6 Å². The summed E-state index contributed by atoms with van der Waals surface area (Å²) in [5.74, 6) is 1.67. The molecule has 0 aliphatic carbocycles. The summed E-state index contributed by atoms with van der Waals surface area (Å²) in [4.78, 5) is 4.69. The zero-order valence-corrected chi connectivity index (χ0v) is 16.3. The van der Waals surface area contributed by atoms with Crippen molar-refractivity contribution in [2.24, 2.45) is 0 Å². The molecule has 1 saturated heterocycles. The number of hydrogen-bond donors (Lipinski definition) is 0. The summed E-state index contributed by atoms with van der Waals surface area (Å²) in [7, 11) is -3.53. The average molecular weight is 399 g/mol. The van der Waals surface area contributed by atoms with Gasteiger partial charge in [-0.3, -0.25) is 0 Å². The van der Waals surface area contributed by atoms with Crippen molar-refractivity contribution in [2.45, 2.75) is 24.2 Å². The molecule has 0 amide bonds. The largest absolute Gasteiger partial charge is 0.494 e. The van der Waals surface area contributed by atoms with Gasteiger partial charge in [-0.2, -0.15) is 9.29 Å². The predicted octanol–water partition coefficient (Wildman–Crippen LogP) is 2.85. The number of rotatable bonds is 7. The van der Waals surface area contributed by atoms with Crippen LogP contribution in [-0.2, 0) is 16.4 Å². The van der Waals surface area contributed by atoms with E-state index in [-0.39, 0.29) is 10.8 Å². The van der Waals surface area contributed by atoms with Crippen molar-refractivity contribution < 1.29 is 17.7 Å². The van der Waals surface area contributed by atoms with Gasteiger partial charge >= 0.3 is 0 Å². The molecule has 4 rings (SSSR count). The molecule has 0 spiro atoms. The van der Waals surface area contributed by atoms with E-state index in [2.05, 4.69) is 10.1 Å². The maximum absolute atomic E-state index is 12.7. The molecule has 8 heteroatoms. The number of hydrogen-bond acceptors (Lipinski definition) is 6. The molecule has 0 N–H and O–H groups in total. The van der Waals surface area contributed by atoms with Crippen LogP contribution in [0.4, 0.5) is 0 Å². The Morgan fingerprint density at radius 1 is 1.11 bits per heavy atom. The first kappa shape index (κ1) is 18.6. The van der Waals surface area contributed by atoms with E-state index in [9.17, 15) is 8.42 Å². The third kappa shape index (κ3) is 3.79. The van der Waals surface area contributed by atoms with Crippen LogP contribution in [0.25, 0.3) is 0 Å². The molecule has 0 atom stereocenters. The summed E-state index contributed by atoms with van der Waals surface area (Å²) in [5, 5.41) is 4.02. The summed E-state index contributed by atoms with van der Waals surface area (Å²) >= 11 is 0. The fourth-order valence-electron chi connectivity index (χ4n) is 3.10. The Kier molecular flexibility index (Phi) is 5.15. The molecule has 1 aromatic heterocycles. The molecule has 3 aromatic rings. The highest BCUT2D eigenvalue weighted by Crippen LogP contribution is 2.31. The first-order valence-corrected chi connectivity index (χ1v) is 10.6. The second-order valence-electron chi connectivity index (χ2n) is 6.63. The molecule has 2 heterocycles. The highest BCUT2D eigenvalue weighted by Gasteiger charge is 2.40. The summed E-state index contributed by atoms with van der Waals surface area (Å²) in [6.45, 7) is 3.09.